The molecule has 274 valence electrons. The summed E-state index contributed by atoms with van der Waals surface area (Å²) in [6.45, 7) is 10.1. The van der Waals surface area contributed by atoms with Crippen LogP contribution in [-0.4, -0.2) is 43.0 Å². The summed E-state index contributed by atoms with van der Waals surface area (Å²) >= 11 is 0. The van der Waals surface area contributed by atoms with Crippen molar-refractivity contribution in [3.63, 3.8) is 0 Å². The zero-order valence-electron chi connectivity index (χ0n) is 31.7. The van der Waals surface area contributed by atoms with Gasteiger partial charge >= 0.3 is 6.03 Å². The molecule has 0 atom stereocenters. The Balaban J connectivity index is 3.71. The van der Waals surface area contributed by atoms with Gasteiger partial charge in [0.1, 0.15) is 0 Å². The lowest BCUT2D eigenvalue weighted by atomic mass is 10.0. The Morgan fingerprint density at radius 2 is 0.652 bits per heavy atom. The summed E-state index contributed by atoms with van der Waals surface area (Å²) in [7, 11) is 0. The molecule has 2 N–H and O–H groups in total. The molecule has 0 aliphatic rings. The maximum atomic E-state index is 13.0. The van der Waals surface area contributed by atoms with E-state index in [0.29, 0.717) is 18.9 Å². The Morgan fingerprint density at radius 3 is 1.00 bits per heavy atom. The van der Waals surface area contributed by atoms with Crippen molar-refractivity contribution in [2.24, 2.45) is 0 Å². The third-order valence-corrected chi connectivity index (χ3v) is 9.58. The van der Waals surface area contributed by atoms with Gasteiger partial charge in [-0.2, -0.15) is 0 Å². The Kier molecular flexibility index (Phi) is 37.1. The van der Waals surface area contributed by atoms with E-state index < -0.39 is 0 Å². The van der Waals surface area contributed by atoms with Crippen LogP contribution in [-0.2, 0) is 4.79 Å². The normalized spacial score (nSPS) is 11.2. The van der Waals surface area contributed by atoms with Gasteiger partial charge in [-0.3, -0.25) is 4.79 Å². The molecular weight excluding hydrogens is 566 g/mol. The highest BCUT2D eigenvalue weighted by Crippen LogP contribution is 2.14. The summed E-state index contributed by atoms with van der Waals surface area (Å²) < 4.78 is 0. The largest absolute Gasteiger partial charge is 0.343 e. The first-order chi connectivity index (χ1) is 22.7. The Labute approximate surface area is 289 Å². The third-order valence-electron chi connectivity index (χ3n) is 9.58. The van der Waals surface area contributed by atoms with Crippen molar-refractivity contribution < 1.29 is 9.59 Å². The van der Waals surface area contributed by atoms with Gasteiger partial charge < -0.3 is 15.5 Å². The van der Waals surface area contributed by atoms with Gasteiger partial charge in [-0.05, 0) is 32.1 Å². The van der Waals surface area contributed by atoms with Crippen LogP contribution in [0.4, 0.5) is 4.79 Å². The van der Waals surface area contributed by atoms with Crippen LogP contribution in [0.15, 0.2) is 0 Å². The standard InChI is InChI=1S/C41H83N3O2/c1-4-7-10-13-16-17-18-19-20-21-22-23-24-25-26-31-36-42-41(46)43-37-32-29-30-35-40(45)44(38-33-27-14-11-8-5-2)39-34-28-15-12-9-6-3/h4-39H2,1-3H3,(H2,42,43,46). The van der Waals surface area contributed by atoms with Crippen LogP contribution >= 0.6 is 0 Å². The molecule has 0 aromatic heterocycles. The van der Waals surface area contributed by atoms with Gasteiger partial charge in [0.05, 0.1) is 0 Å². The first-order valence-corrected chi connectivity index (χ1v) is 20.9. The molecule has 0 spiro atoms. The van der Waals surface area contributed by atoms with Crippen molar-refractivity contribution in [3.8, 4) is 0 Å². The SMILES string of the molecule is CCCCCCCCCCCCCCCCCCNC(=O)NCCCCCC(=O)N(CCCCCCCC)CCCCCCCC. The fourth-order valence-corrected chi connectivity index (χ4v) is 6.40. The lowest BCUT2D eigenvalue weighted by Crippen LogP contribution is -2.36. The van der Waals surface area contributed by atoms with Crippen molar-refractivity contribution in [1.82, 2.24) is 15.5 Å². The topological polar surface area (TPSA) is 61.4 Å². The molecule has 0 bridgehead atoms. The first kappa shape index (κ1) is 44.7. The molecule has 0 aliphatic heterocycles. The highest BCUT2D eigenvalue weighted by Gasteiger charge is 2.12. The van der Waals surface area contributed by atoms with Crippen LogP contribution in [0.5, 0.6) is 0 Å². The van der Waals surface area contributed by atoms with Crippen molar-refractivity contribution in [2.75, 3.05) is 26.2 Å². The molecule has 0 saturated carbocycles. The molecule has 5 heteroatoms. The Hall–Kier alpha value is -1.26. The molecule has 0 saturated heterocycles. The minimum atomic E-state index is -0.0407. The number of hydrogen-bond donors (Lipinski definition) is 2. The molecule has 0 aliphatic carbocycles. The van der Waals surface area contributed by atoms with E-state index in [2.05, 4.69) is 36.3 Å². The van der Waals surface area contributed by atoms with Gasteiger partial charge in [-0.15, -0.1) is 0 Å². The van der Waals surface area contributed by atoms with Crippen LogP contribution in [0.2, 0.25) is 0 Å². The second-order valence-electron chi connectivity index (χ2n) is 14.2. The summed E-state index contributed by atoms with van der Waals surface area (Å²) in [5.41, 5.74) is 0. The molecule has 0 rings (SSSR count). The predicted octanol–water partition coefficient (Wildman–Crippen LogP) is 12.7. The zero-order chi connectivity index (χ0) is 33.6. The van der Waals surface area contributed by atoms with Gasteiger partial charge in [0.2, 0.25) is 5.91 Å². The summed E-state index contributed by atoms with van der Waals surface area (Å²) in [4.78, 5) is 27.3. The monoisotopic (exact) mass is 650 g/mol. The minimum Gasteiger partial charge on any atom is -0.343 e. The van der Waals surface area contributed by atoms with E-state index >= 15 is 0 Å². The van der Waals surface area contributed by atoms with E-state index in [0.717, 1.165) is 58.2 Å². The average molecular weight is 650 g/mol. The van der Waals surface area contributed by atoms with Crippen LogP contribution < -0.4 is 10.6 Å². The highest BCUT2D eigenvalue weighted by atomic mass is 16.2. The van der Waals surface area contributed by atoms with Crippen molar-refractivity contribution in [1.29, 1.82) is 0 Å². The Bertz CT molecular complexity index is 611. The number of hydrogen-bond acceptors (Lipinski definition) is 2. The summed E-state index contributed by atoms with van der Waals surface area (Å²) in [5.74, 6) is 0.339. The molecule has 0 fully saturated rings. The predicted molar refractivity (Wildman–Crippen MR) is 203 cm³/mol. The molecule has 0 unspecified atom stereocenters. The number of nitrogens with zero attached hydrogens (tertiary/aromatic N) is 1. The summed E-state index contributed by atoms with van der Waals surface area (Å²) in [5, 5.41) is 6.02. The molecular formula is C41H83N3O2. The summed E-state index contributed by atoms with van der Waals surface area (Å²) in [6.07, 6.45) is 40.6. The van der Waals surface area contributed by atoms with E-state index in [1.807, 2.05) is 0 Å². The maximum Gasteiger partial charge on any atom is 0.314 e. The fraction of sp³-hybridized carbons (Fsp3) is 0.951. The number of rotatable bonds is 37. The number of urea groups is 1. The highest BCUT2D eigenvalue weighted by molar-refractivity contribution is 5.76. The van der Waals surface area contributed by atoms with Gasteiger partial charge in [0.25, 0.3) is 0 Å². The van der Waals surface area contributed by atoms with Crippen LogP contribution in [0.3, 0.4) is 0 Å². The van der Waals surface area contributed by atoms with Gasteiger partial charge in [0.15, 0.2) is 0 Å². The molecule has 0 aromatic rings. The van der Waals surface area contributed by atoms with E-state index in [1.54, 1.807) is 0 Å². The number of unbranched alkanes of at least 4 members (excludes halogenated alkanes) is 27. The zero-order valence-corrected chi connectivity index (χ0v) is 31.7. The maximum absolute atomic E-state index is 13.0. The second-order valence-corrected chi connectivity index (χ2v) is 14.2. The summed E-state index contributed by atoms with van der Waals surface area (Å²) in [6, 6.07) is -0.0407. The number of carbonyl (C=O) groups is 2. The van der Waals surface area contributed by atoms with Gasteiger partial charge in [-0.1, -0.05) is 188 Å². The van der Waals surface area contributed by atoms with E-state index in [1.165, 1.54) is 161 Å². The first-order valence-electron chi connectivity index (χ1n) is 20.9. The number of carbonyl (C=O) groups excluding carboxylic acids is 2. The van der Waals surface area contributed by atoms with Gasteiger partial charge in [0, 0.05) is 32.6 Å². The van der Waals surface area contributed by atoms with Crippen molar-refractivity contribution in [2.45, 2.75) is 226 Å². The molecule has 46 heavy (non-hydrogen) atoms. The third kappa shape index (κ3) is 34.1. The lowest BCUT2D eigenvalue weighted by Gasteiger charge is -2.23. The van der Waals surface area contributed by atoms with Crippen LogP contribution in [0, 0.1) is 0 Å². The Morgan fingerprint density at radius 1 is 0.370 bits per heavy atom. The molecule has 3 amide bonds. The lowest BCUT2D eigenvalue weighted by molar-refractivity contribution is -0.131. The van der Waals surface area contributed by atoms with Crippen LogP contribution in [0.25, 0.3) is 0 Å². The molecule has 0 aromatic carbocycles. The van der Waals surface area contributed by atoms with E-state index in [4.69, 9.17) is 0 Å². The minimum absolute atomic E-state index is 0.0407. The average Bonchev–Trinajstić information content (AvgIpc) is 3.06. The molecule has 5 nitrogen and oxygen atoms in total. The van der Waals surface area contributed by atoms with E-state index in [9.17, 15) is 9.59 Å². The quantitative estimate of drug-likeness (QED) is 0.0658. The fourth-order valence-electron chi connectivity index (χ4n) is 6.40. The molecule has 0 heterocycles. The second kappa shape index (κ2) is 38.2. The van der Waals surface area contributed by atoms with Crippen LogP contribution in [0.1, 0.15) is 226 Å². The van der Waals surface area contributed by atoms with Gasteiger partial charge in [-0.25, -0.2) is 4.79 Å². The molecule has 0 radical (unpaired) electrons. The van der Waals surface area contributed by atoms with Crippen molar-refractivity contribution >= 4 is 11.9 Å². The van der Waals surface area contributed by atoms with E-state index in [-0.39, 0.29) is 6.03 Å². The smallest absolute Gasteiger partial charge is 0.314 e. The number of nitrogens with one attached hydrogen (secondary N) is 2. The van der Waals surface area contributed by atoms with Crippen molar-refractivity contribution in [3.05, 3.63) is 0 Å². The number of amides is 3.